The average molecular weight is 358 g/mol. The highest BCUT2D eigenvalue weighted by molar-refractivity contribution is 6.35. The molecule has 0 radical (unpaired) electrons. The normalized spacial score (nSPS) is 17.6. The molecule has 0 saturated carbocycles. The molecule has 1 aromatic carbocycles. The monoisotopic (exact) mass is 357 g/mol. The summed E-state index contributed by atoms with van der Waals surface area (Å²) in [4.78, 5) is 25.1. The third-order valence-corrected chi connectivity index (χ3v) is 5.46. The molecule has 0 aliphatic carbocycles. The van der Waals surface area contributed by atoms with Gasteiger partial charge in [0.05, 0.1) is 0 Å². The molecule has 25 heavy (non-hydrogen) atoms. The van der Waals surface area contributed by atoms with E-state index in [0.717, 1.165) is 44.6 Å². The van der Waals surface area contributed by atoms with Crippen molar-refractivity contribution in [1.82, 2.24) is 9.97 Å². The molecule has 6 nitrogen and oxygen atoms in total. The van der Waals surface area contributed by atoms with Gasteiger partial charge in [0.15, 0.2) is 5.82 Å². The van der Waals surface area contributed by atoms with Crippen molar-refractivity contribution in [3.8, 4) is 0 Å². The first-order valence-electron chi connectivity index (χ1n) is 8.55. The minimum absolute atomic E-state index is 0.0420. The highest BCUT2D eigenvalue weighted by Crippen LogP contribution is 2.33. The van der Waals surface area contributed by atoms with Crippen LogP contribution < -0.4 is 15.5 Å². The van der Waals surface area contributed by atoms with Crippen LogP contribution in [0.1, 0.15) is 18.4 Å². The summed E-state index contributed by atoms with van der Waals surface area (Å²) in [6.07, 6.45) is 3.95. The predicted octanol–water partition coefficient (Wildman–Crippen LogP) is 2.52. The van der Waals surface area contributed by atoms with E-state index in [-0.39, 0.29) is 11.8 Å². The van der Waals surface area contributed by atoms with E-state index in [2.05, 4.69) is 20.9 Å². The third-order valence-electron chi connectivity index (χ3n) is 5.09. The summed E-state index contributed by atoms with van der Waals surface area (Å²) in [6, 6.07) is 8.17. The van der Waals surface area contributed by atoms with Gasteiger partial charge < -0.3 is 15.5 Å². The van der Waals surface area contributed by atoms with Crippen LogP contribution in [0.5, 0.6) is 0 Å². The number of para-hydroxylation sites is 1. The molecular weight excluding hydrogens is 338 g/mol. The molecule has 2 aromatic rings. The van der Waals surface area contributed by atoms with E-state index in [4.69, 9.17) is 17.3 Å². The van der Waals surface area contributed by atoms with Crippen molar-refractivity contribution in [3.05, 3.63) is 41.2 Å². The van der Waals surface area contributed by atoms with Crippen LogP contribution in [-0.2, 0) is 11.2 Å². The highest BCUT2D eigenvalue weighted by atomic mass is 35.5. The zero-order chi connectivity index (χ0) is 17.4. The smallest absolute Gasteiger partial charge is 0.230 e. The maximum Gasteiger partial charge on any atom is 0.230 e. The van der Waals surface area contributed by atoms with Crippen molar-refractivity contribution in [3.63, 3.8) is 0 Å². The van der Waals surface area contributed by atoms with Gasteiger partial charge in [0, 0.05) is 31.2 Å². The van der Waals surface area contributed by atoms with Crippen LogP contribution in [-0.4, -0.2) is 35.5 Å². The first-order chi connectivity index (χ1) is 12.1. The number of fused-ring (bicyclic) bond motifs is 1. The Balaban J connectivity index is 1.44. The molecule has 1 saturated heterocycles. The van der Waals surface area contributed by atoms with Gasteiger partial charge in [-0.2, -0.15) is 0 Å². The van der Waals surface area contributed by atoms with Crippen molar-refractivity contribution in [2.75, 3.05) is 35.2 Å². The number of nitrogens with zero attached hydrogens (tertiary/aromatic N) is 4. The molecule has 130 valence electrons. The molecule has 0 spiro atoms. The van der Waals surface area contributed by atoms with E-state index in [1.807, 2.05) is 23.1 Å². The number of nitrogens with two attached hydrogens (primary N) is 1. The lowest BCUT2D eigenvalue weighted by Gasteiger charge is -2.34. The Kier molecular flexibility index (Phi) is 4.21. The Morgan fingerprint density at radius 3 is 2.72 bits per heavy atom. The van der Waals surface area contributed by atoms with Crippen LogP contribution in [0.25, 0.3) is 0 Å². The standard InChI is InChI=1S/C18H20ClN5O/c19-15-16(20)21-11-22-17(15)23-8-5-13(6-9-23)18(25)24-10-7-12-3-1-2-4-14(12)24/h1-4,11,13H,5-10H2,(H2,20,21,22). The second kappa shape index (κ2) is 6.52. The zero-order valence-corrected chi connectivity index (χ0v) is 14.6. The summed E-state index contributed by atoms with van der Waals surface area (Å²) in [6.45, 7) is 2.26. The summed E-state index contributed by atoms with van der Waals surface area (Å²) < 4.78 is 0. The number of carbonyl (C=O) groups excluding carboxylic acids is 1. The number of halogens is 1. The number of piperidine rings is 1. The number of aromatic nitrogens is 2. The van der Waals surface area contributed by atoms with Crippen LogP contribution in [0.2, 0.25) is 5.02 Å². The average Bonchev–Trinajstić information content (AvgIpc) is 3.08. The molecule has 0 unspecified atom stereocenters. The van der Waals surface area contributed by atoms with Gasteiger partial charge in [-0.05, 0) is 30.9 Å². The van der Waals surface area contributed by atoms with Gasteiger partial charge in [0.2, 0.25) is 5.91 Å². The summed E-state index contributed by atoms with van der Waals surface area (Å²) in [5.41, 5.74) is 8.09. The molecule has 2 aliphatic heterocycles. The molecule has 0 atom stereocenters. The second-order valence-electron chi connectivity index (χ2n) is 6.53. The minimum Gasteiger partial charge on any atom is -0.382 e. The number of rotatable bonds is 2. The maximum atomic E-state index is 13.0. The maximum absolute atomic E-state index is 13.0. The largest absolute Gasteiger partial charge is 0.382 e. The van der Waals surface area contributed by atoms with Crippen LogP contribution in [0, 0.1) is 5.92 Å². The summed E-state index contributed by atoms with van der Waals surface area (Å²) >= 11 is 6.22. The Bertz CT molecular complexity index is 804. The third kappa shape index (κ3) is 2.91. The summed E-state index contributed by atoms with van der Waals surface area (Å²) in [5, 5.41) is 0.390. The Hall–Kier alpha value is -2.34. The Labute approximate surface area is 151 Å². The van der Waals surface area contributed by atoms with Crippen LogP contribution >= 0.6 is 11.6 Å². The SMILES string of the molecule is Nc1ncnc(N2CCC(C(=O)N3CCc4ccccc43)CC2)c1Cl. The minimum atomic E-state index is 0.0420. The molecular formula is C18H20ClN5O. The Morgan fingerprint density at radius 2 is 1.92 bits per heavy atom. The van der Waals surface area contributed by atoms with Crippen molar-refractivity contribution in [1.29, 1.82) is 0 Å². The summed E-state index contributed by atoms with van der Waals surface area (Å²) in [7, 11) is 0. The number of carbonyl (C=O) groups is 1. The van der Waals surface area contributed by atoms with E-state index >= 15 is 0 Å². The number of benzene rings is 1. The molecule has 2 aliphatic rings. The van der Waals surface area contributed by atoms with Gasteiger partial charge in [0.25, 0.3) is 0 Å². The molecule has 1 amide bonds. The lowest BCUT2D eigenvalue weighted by molar-refractivity contribution is -0.122. The molecule has 7 heteroatoms. The van der Waals surface area contributed by atoms with Gasteiger partial charge in [-0.3, -0.25) is 4.79 Å². The van der Waals surface area contributed by atoms with Gasteiger partial charge in [0.1, 0.15) is 17.2 Å². The first-order valence-corrected chi connectivity index (χ1v) is 8.93. The van der Waals surface area contributed by atoms with Crippen LogP contribution in [0.3, 0.4) is 0 Å². The number of amides is 1. The van der Waals surface area contributed by atoms with Gasteiger partial charge in [-0.25, -0.2) is 9.97 Å². The lowest BCUT2D eigenvalue weighted by atomic mass is 9.95. The van der Waals surface area contributed by atoms with Crippen molar-refractivity contribution in [2.45, 2.75) is 19.3 Å². The fourth-order valence-electron chi connectivity index (χ4n) is 3.72. The van der Waals surface area contributed by atoms with E-state index in [1.165, 1.54) is 11.9 Å². The van der Waals surface area contributed by atoms with E-state index in [9.17, 15) is 4.79 Å². The van der Waals surface area contributed by atoms with E-state index < -0.39 is 0 Å². The number of nitrogen functional groups attached to an aromatic ring is 1. The second-order valence-corrected chi connectivity index (χ2v) is 6.90. The molecule has 1 fully saturated rings. The molecule has 0 bridgehead atoms. The van der Waals surface area contributed by atoms with Crippen molar-refractivity contribution < 1.29 is 4.79 Å². The summed E-state index contributed by atoms with van der Waals surface area (Å²) in [5.74, 6) is 1.23. The molecule has 1 aromatic heterocycles. The first kappa shape index (κ1) is 16.1. The lowest BCUT2D eigenvalue weighted by Crippen LogP contribution is -2.42. The van der Waals surface area contributed by atoms with Gasteiger partial charge in [-0.1, -0.05) is 29.8 Å². The van der Waals surface area contributed by atoms with Crippen LogP contribution in [0.4, 0.5) is 17.3 Å². The predicted molar refractivity (Wildman–Crippen MR) is 98.9 cm³/mol. The van der Waals surface area contributed by atoms with Crippen molar-refractivity contribution in [2.24, 2.45) is 5.92 Å². The fraction of sp³-hybridized carbons (Fsp3) is 0.389. The zero-order valence-electron chi connectivity index (χ0n) is 13.9. The van der Waals surface area contributed by atoms with Crippen molar-refractivity contribution >= 4 is 34.8 Å². The fourth-order valence-corrected chi connectivity index (χ4v) is 3.94. The highest BCUT2D eigenvalue weighted by Gasteiger charge is 2.33. The quantitative estimate of drug-likeness (QED) is 0.893. The molecule has 3 heterocycles. The van der Waals surface area contributed by atoms with Gasteiger partial charge in [-0.15, -0.1) is 0 Å². The van der Waals surface area contributed by atoms with Crippen LogP contribution in [0.15, 0.2) is 30.6 Å². The molecule has 4 rings (SSSR count). The molecule has 2 N–H and O–H groups in total. The number of hydrogen-bond donors (Lipinski definition) is 1. The topological polar surface area (TPSA) is 75.3 Å². The van der Waals surface area contributed by atoms with E-state index in [1.54, 1.807) is 0 Å². The van der Waals surface area contributed by atoms with Gasteiger partial charge >= 0.3 is 0 Å². The number of anilines is 3. The Morgan fingerprint density at radius 1 is 1.16 bits per heavy atom. The van der Waals surface area contributed by atoms with E-state index in [0.29, 0.717) is 16.7 Å². The number of hydrogen-bond acceptors (Lipinski definition) is 5.